The van der Waals surface area contributed by atoms with Gasteiger partial charge in [-0.1, -0.05) is 60.7 Å². The number of rotatable bonds is 4. The van der Waals surface area contributed by atoms with Crippen LogP contribution in [0.2, 0.25) is 0 Å². The number of fused-ring (bicyclic) bond motifs is 5. The predicted octanol–water partition coefficient (Wildman–Crippen LogP) is 4.16. The minimum absolute atomic E-state index is 0.0493. The zero-order valence-electron chi connectivity index (χ0n) is 17.0. The van der Waals surface area contributed by atoms with Crippen LogP contribution in [0.5, 0.6) is 0 Å². The van der Waals surface area contributed by atoms with Gasteiger partial charge in [0, 0.05) is 24.7 Å². The Morgan fingerprint density at radius 3 is 1.79 bits per heavy atom. The van der Waals surface area contributed by atoms with Crippen molar-refractivity contribution < 1.29 is 14.0 Å². The van der Waals surface area contributed by atoms with Crippen LogP contribution in [0.3, 0.4) is 0 Å². The third-order valence-corrected chi connectivity index (χ3v) is 7.98. The molecule has 3 heteroatoms. The first-order valence-electron chi connectivity index (χ1n) is 10.6. The van der Waals surface area contributed by atoms with E-state index in [1.165, 1.54) is 6.42 Å². The molecule has 2 aromatic carbocycles. The smallest absolute Gasteiger partial charge is 0.321 e. The number of piperidine rings is 2. The number of benzene rings is 2. The minimum atomic E-state index is -0.785. The highest BCUT2D eigenvalue weighted by Crippen LogP contribution is 2.61. The van der Waals surface area contributed by atoms with Crippen LogP contribution in [0, 0.1) is 11.8 Å². The second-order valence-corrected chi connectivity index (χ2v) is 9.68. The van der Waals surface area contributed by atoms with E-state index in [9.17, 15) is 4.79 Å². The highest BCUT2D eigenvalue weighted by Gasteiger charge is 2.68. The molecule has 28 heavy (non-hydrogen) atoms. The summed E-state index contributed by atoms with van der Waals surface area (Å²) in [7, 11) is 4.75. The molecule has 0 amide bonds. The van der Waals surface area contributed by atoms with Crippen LogP contribution in [0.4, 0.5) is 0 Å². The monoisotopic (exact) mass is 376 g/mol. The van der Waals surface area contributed by atoms with E-state index >= 15 is 0 Å². The van der Waals surface area contributed by atoms with Crippen LogP contribution in [-0.2, 0) is 14.9 Å². The largest absolute Gasteiger partial charge is 0.461 e. The van der Waals surface area contributed by atoms with E-state index in [0.29, 0.717) is 12.1 Å². The average molecular weight is 377 g/mol. The van der Waals surface area contributed by atoms with Crippen molar-refractivity contribution in [2.75, 3.05) is 14.1 Å². The first kappa shape index (κ1) is 17.9. The molecule has 0 N–H and O–H groups in total. The molecular formula is C25H30NO2+. The number of carbonyl (C=O) groups excluding carboxylic acids is 1. The Morgan fingerprint density at radius 2 is 1.32 bits per heavy atom. The molecule has 0 spiro atoms. The summed E-state index contributed by atoms with van der Waals surface area (Å²) in [5.41, 5.74) is 1.19. The molecule has 2 bridgehead atoms. The molecule has 4 unspecified atom stereocenters. The minimum Gasteiger partial charge on any atom is -0.461 e. The molecule has 2 heterocycles. The third-order valence-electron chi connectivity index (χ3n) is 7.98. The zero-order chi connectivity index (χ0) is 19.5. The van der Waals surface area contributed by atoms with Gasteiger partial charge in [-0.15, -0.1) is 0 Å². The van der Waals surface area contributed by atoms with Gasteiger partial charge in [0.25, 0.3) is 0 Å². The zero-order valence-corrected chi connectivity index (χ0v) is 17.0. The van der Waals surface area contributed by atoms with Gasteiger partial charge in [-0.2, -0.15) is 0 Å². The number of ether oxygens (including phenoxy) is 1. The molecule has 0 aromatic heterocycles. The number of esters is 1. The lowest BCUT2D eigenvalue weighted by Crippen LogP contribution is -2.59. The molecule has 1 saturated carbocycles. The SMILES string of the molecule is CC(C(=O)OC1CC2C3CC3C(C1)[N+]2(C)C)(c1ccccc1)c1ccccc1. The van der Waals surface area contributed by atoms with Gasteiger partial charge in [-0.25, -0.2) is 0 Å². The Labute approximate surface area is 167 Å². The summed E-state index contributed by atoms with van der Waals surface area (Å²) in [6.45, 7) is 2.01. The molecule has 2 saturated heterocycles. The topological polar surface area (TPSA) is 26.3 Å². The lowest BCUT2D eigenvalue weighted by atomic mass is 9.76. The Balaban J connectivity index is 1.42. The standard InChI is InChI=1S/C25H30NO2/c1-25(17-10-6-4-7-11-17,18-12-8-5-9-13-18)24(27)28-19-14-22-20-16-21(20)23(15-19)26(22,2)3/h4-13,19-23H,14-16H2,1-3H3/q+1. The van der Waals surface area contributed by atoms with Gasteiger partial charge >= 0.3 is 5.97 Å². The highest BCUT2D eigenvalue weighted by atomic mass is 16.5. The lowest BCUT2D eigenvalue weighted by Gasteiger charge is -2.46. The Bertz CT molecular complexity index is 816. The summed E-state index contributed by atoms with van der Waals surface area (Å²) in [6.07, 6.45) is 3.46. The van der Waals surface area contributed by atoms with E-state index in [1.807, 2.05) is 67.6 Å². The quantitative estimate of drug-likeness (QED) is 0.592. The molecule has 2 aliphatic heterocycles. The number of carbonyl (C=O) groups is 1. The van der Waals surface area contributed by atoms with Crippen LogP contribution >= 0.6 is 0 Å². The van der Waals surface area contributed by atoms with E-state index < -0.39 is 5.41 Å². The molecule has 4 atom stereocenters. The maximum absolute atomic E-state index is 13.6. The van der Waals surface area contributed by atoms with Gasteiger partial charge in [-0.05, 0) is 24.5 Å². The normalized spacial score (nSPS) is 32.5. The lowest BCUT2D eigenvalue weighted by molar-refractivity contribution is -0.937. The molecular weight excluding hydrogens is 346 g/mol. The van der Waals surface area contributed by atoms with Crippen LogP contribution in [0.1, 0.15) is 37.3 Å². The van der Waals surface area contributed by atoms with Crippen molar-refractivity contribution in [2.24, 2.45) is 11.8 Å². The second-order valence-electron chi connectivity index (χ2n) is 9.68. The molecule has 3 aliphatic rings. The Kier molecular flexibility index (Phi) is 3.96. The van der Waals surface area contributed by atoms with E-state index in [-0.39, 0.29) is 12.1 Å². The van der Waals surface area contributed by atoms with Gasteiger partial charge in [0.2, 0.25) is 0 Å². The number of nitrogens with zero attached hydrogens (tertiary/aromatic N) is 1. The molecule has 1 aliphatic carbocycles. The molecule has 5 rings (SSSR count). The van der Waals surface area contributed by atoms with Crippen molar-refractivity contribution in [3.8, 4) is 0 Å². The number of hydrogen-bond acceptors (Lipinski definition) is 2. The van der Waals surface area contributed by atoms with Gasteiger partial charge in [0.05, 0.1) is 26.2 Å². The maximum Gasteiger partial charge on any atom is 0.321 e. The van der Waals surface area contributed by atoms with Crippen molar-refractivity contribution in [3.05, 3.63) is 71.8 Å². The molecule has 3 fully saturated rings. The van der Waals surface area contributed by atoms with Gasteiger partial charge in [0.1, 0.15) is 11.5 Å². The van der Waals surface area contributed by atoms with Crippen LogP contribution in [0.15, 0.2) is 60.7 Å². The van der Waals surface area contributed by atoms with Crippen molar-refractivity contribution in [2.45, 2.75) is 49.8 Å². The average Bonchev–Trinajstić information content (AvgIpc) is 3.47. The fourth-order valence-corrected chi connectivity index (χ4v) is 6.19. The van der Waals surface area contributed by atoms with E-state index in [4.69, 9.17) is 4.74 Å². The summed E-state index contributed by atoms with van der Waals surface area (Å²) in [5, 5.41) is 0. The molecule has 2 aromatic rings. The summed E-state index contributed by atoms with van der Waals surface area (Å²) < 4.78 is 7.38. The van der Waals surface area contributed by atoms with Crippen LogP contribution < -0.4 is 0 Å². The fraction of sp³-hybridized carbons (Fsp3) is 0.480. The van der Waals surface area contributed by atoms with Crippen molar-refractivity contribution in [1.29, 1.82) is 0 Å². The summed E-state index contributed by atoms with van der Waals surface area (Å²) in [4.78, 5) is 13.6. The van der Waals surface area contributed by atoms with Crippen molar-refractivity contribution in [1.82, 2.24) is 0 Å². The van der Waals surface area contributed by atoms with E-state index in [1.54, 1.807) is 0 Å². The Morgan fingerprint density at radius 1 is 0.857 bits per heavy atom. The van der Waals surface area contributed by atoms with Crippen molar-refractivity contribution in [3.63, 3.8) is 0 Å². The van der Waals surface area contributed by atoms with Crippen LogP contribution in [-0.4, -0.2) is 42.7 Å². The van der Waals surface area contributed by atoms with E-state index in [0.717, 1.165) is 40.3 Å². The highest BCUT2D eigenvalue weighted by molar-refractivity contribution is 5.87. The molecule has 3 nitrogen and oxygen atoms in total. The maximum atomic E-state index is 13.6. The van der Waals surface area contributed by atoms with Crippen LogP contribution in [0.25, 0.3) is 0 Å². The Hall–Kier alpha value is -2.13. The molecule has 0 radical (unpaired) electrons. The first-order valence-corrected chi connectivity index (χ1v) is 10.6. The van der Waals surface area contributed by atoms with Gasteiger partial charge in [-0.3, -0.25) is 4.79 Å². The fourth-order valence-electron chi connectivity index (χ4n) is 6.19. The summed E-state index contributed by atoms with van der Waals surface area (Å²) >= 11 is 0. The van der Waals surface area contributed by atoms with Gasteiger partial charge < -0.3 is 9.22 Å². The molecule has 146 valence electrons. The number of quaternary nitrogens is 1. The summed E-state index contributed by atoms with van der Waals surface area (Å²) in [5.74, 6) is 1.60. The third kappa shape index (κ3) is 2.56. The summed E-state index contributed by atoms with van der Waals surface area (Å²) in [6, 6.07) is 21.4. The second kappa shape index (κ2) is 6.18. The van der Waals surface area contributed by atoms with Crippen molar-refractivity contribution >= 4 is 5.97 Å². The predicted molar refractivity (Wildman–Crippen MR) is 110 cm³/mol. The number of hydrogen-bond donors (Lipinski definition) is 0. The van der Waals surface area contributed by atoms with E-state index in [2.05, 4.69) is 14.1 Å². The first-order chi connectivity index (χ1) is 13.4. The van der Waals surface area contributed by atoms with Gasteiger partial charge in [0.15, 0.2) is 0 Å².